The minimum atomic E-state index is -4.62. The number of phosphoric ester groups is 1. The van der Waals surface area contributed by atoms with Crippen LogP contribution in [0.1, 0.15) is 25.0 Å². The summed E-state index contributed by atoms with van der Waals surface area (Å²) in [5.74, 6) is -0.247. The fourth-order valence-corrected chi connectivity index (χ4v) is 3.99. The highest BCUT2D eigenvalue weighted by Gasteiger charge is 2.41. The van der Waals surface area contributed by atoms with E-state index in [0.717, 1.165) is 22.3 Å². The first kappa shape index (κ1) is 17.8. The van der Waals surface area contributed by atoms with Crippen LogP contribution in [0.2, 0.25) is 0 Å². The molecule has 0 saturated carbocycles. The topological polar surface area (TPSA) is 66.8 Å². The van der Waals surface area contributed by atoms with E-state index in [1.54, 1.807) is 13.0 Å². The van der Waals surface area contributed by atoms with Crippen LogP contribution in [0.4, 0.5) is 0 Å². The Morgan fingerprint density at radius 1 is 0.960 bits per heavy atom. The summed E-state index contributed by atoms with van der Waals surface area (Å²) < 4.78 is 16.6. The molecule has 0 radical (unpaired) electrons. The Labute approximate surface area is 147 Å². The van der Waals surface area contributed by atoms with Crippen molar-refractivity contribution < 1.29 is 18.9 Å². The van der Waals surface area contributed by atoms with Crippen LogP contribution >= 0.6 is 7.82 Å². The van der Waals surface area contributed by atoms with Gasteiger partial charge < -0.3 is 9.79 Å². The van der Waals surface area contributed by atoms with Crippen LogP contribution < -0.4 is 0 Å². The maximum Gasteiger partial charge on any atom is 0.470 e. The number of rotatable bonds is 4. The maximum absolute atomic E-state index is 11.5. The van der Waals surface area contributed by atoms with Gasteiger partial charge in [-0.1, -0.05) is 79.7 Å². The average molecular weight is 356 g/mol. The quantitative estimate of drug-likeness (QED) is 0.781. The van der Waals surface area contributed by atoms with Gasteiger partial charge >= 0.3 is 7.82 Å². The molecule has 0 saturated heterocycles. The van der Waals surface area contributed by atoms with Crippen LogP contribution in [0.25, 0.3) is 11.1 Å². The van der Waals surface area contributed by atoms with E-state index in [1.165, 1.54) is 0 Å². The van der Waals surface area contributed by atoms with Crippen molar-refractivity contribution in [3.63, 3.8) is 0 Å². The highest BCUT2D eigenvalue weighted by Crippen LogP contribution is 2.51. The SMILES string of the molecule is CC1C(c2ccccc2)=C(c2ccccc2)C=CC1(C)OP(=O)(O)O. The molecule has 0 heterocycles. The van der Waals surface area contributed by atoms with Gasteiger partial charge in [0.2, 0.25) is 0 Å². The van der Waals surface area contributed by atoms with Crippen molar-refractivity contribution >= 4 is 19.0 Å². The average Bonchev–Trinajstić information content (AvgIpc) is 2.57. The van der Waals surface area contributed by atoms with Crippen molar-refractivity contribution in [3.8, 4) is 0 Å². The lowest BCUT2D eigenvalue weighted by Gasteiger charge is -2.38. The van der Waals surface area contributed by atoms with Gasteiger partial charge in [-0.2, -0.15) is 0 Å². The zero-order valence-electron chi connectivity index (χ0n) is 14.2. The highest BCUT2D eigenvalue weighted by atomic mass is 31.2. The Hall–Kier alpha value is -1.97. The third kappa shape index (κ3) is 3.83. The Morgan fingerprint density at radius 3 is 2.00 bits per heavy atom. The molecular weight excluding hydrogens is 335 g/mol. The van der Waals surface area contributed by atoms with Crippen molar-refractivity contribution in [2.45, 2.75) is 19.4 Å². The van der Waals surface area contributed by atoms with Gasteiger partial charge in [-0.15, -0.1) is 0 Å². The molecule has 25 heavy (non-hydrogen) atoms. The van der Waals surface area contributed by atoms with Gasteiger partial charge in [0.25, 0.3) is 0 Å². The fourth-order valence-electron chi connectivity index (χ4n) is 3.26. The van der Waals surface area contributed by atoms with E-state index in [0.29, 0.717) is 0 Å². The van der Waals surface area contributed by atoms with Gasteiger partial charge in [-0.25, -0.2) is 4.57 Å². The molecule has 2 N–H and O–H groups in total. The van der Waals surface area contributed by atoms with Crippen LogP contribution in [-0.4, -0.2) is 15.4 Å². The minimum absolute atomic E-state index is 0.247. The molecule has 0 spiro atoms. The number of phosphoric acid groups is 1. The Bertz CT molecular complexity index is 852. The first-order chi connectivity index (χ1) is 11.8. The second-order valence-electron chi connectivity index (χ2n) is 6.38. The predicted octanol–water partition coefficient (Wildman–Crippen LogP) is 4.67. The second kappa shape index (κ2) is 6.74. The summed E-state index contributed by atoms with van der Waals surface area (Å²) in [6, 6.07) is 19.8. The first-order valence-electron chi connectivity index (χ1n) is 8.11. The molecule has 2 unspecified atom stereocenters. The molecule has 3 rings (SSSR count). The van der Waals surface area contributed by atoms with Crippen LogP contribution in [-0.2, 0) is 9.09 Å². The first-order valence-corrected chi connectivity index (χ1v) is 9.64. The molecule has 0 aromatic heterocycles. The zero-order valence-corrected chi connectivity index (χ0v) is 15.1. The van der Waals surface area contributed by atoms with Gasteiger partial charge in [0.15, 0.2) is 0 Å². The van der Waals surface area contributed by atoms with Crippen molar-refractivity contribution in [1.29, 1.82) is 0 Å². The summed E-state index contributed by atoms with van der Waals surface area (Å²) in [5, 5.41) is 0. The smallest absolute Gasteiger partial charge is 0.303 e. The number of benzene rings is 2. The third-order valence-electron chi connectivity index (χ3n) is 4.65. The Balaban J connectivity index is 2.16. The van der Waals surface area contributed by atoms with Crippen LogP contribution in [0.3, 0.4) is 0 Å². The van der Waals surface area contributed by atoms with E-state index >= 15 is 0 Å². The zero-order chi connectivity index (χ0) is 18.1. The summed E-state index contributed by atoms with van der Waals surface area (Å²) in [5.41, 5.74) is 3.01. The minimum Gasteiger partial charge on any atom is -0.303 e. The molecular formula is C20H21O4P. The van der Waals surface area contributed by atoms with Crippen LogP contribution in [0.5, 0.6) is 0 Å². The molecule has 0 aliphatic heterocycles. The molecule has 0 amide bonds. The molecule has 0 bridgehead atoms. The monoisotopic (exact) mass is 356 g/mol. The number of hydrogen-bond acceptors (Lipinski definition) is 2. The lowest BCUT2D eigenvalue weighted by molar-refractivity contribution is 0.0631. The van der Waals surface area contributed by atoms with Crippen molar-refractivity contribution in [2.75, 3.05) is 0 Å². The summed E-state index contributed by atoms with van der Waals surface area (Å²) in [7, 11) is -4.62. The molecule has 1 aliphatic rings. The van der Waals surface area contributed by atoms with E-state index in [1.807, 2.05) is 73.7 Å². The van der Waals surface area contributed by atoms with Crippen molar-refractivity contribution in [3.05, 3.63) is 83.9 Å². The third-order valence-corrected chi connectivity index (χ3v) is 5.28. The molecule has 2 aromatic rings. The molecule has 0 fully saturated rings. The largest absolute Gasteiger partial charge is 0.470 e. The van der Waals surface area contributed by atoms with Gasteiger partial charge in [0.05, 0.1) is 0 Å². The lowest BCUT2D eigenvalue weighted by Crippen LogP contribution is -2.36. The number of allylic oxidation sites excluding steroid dienone is 2. The summed E-state index contributed by atoms with van der Waals surface area (Å²) in [6.07, 6.45) is 3.64. The number of hydrogen-bond donors (Lipinski definition) is 2. The van der Waals surface area contributed by atoms with Crippen molar-refractivity contribution in [1.82, 2.24) is 0 Å². The van der Waals surface area contributed by atoms with Gasteiger partial charge in [0, 0.05) is 5.92 Å². The molecule has 5 heteroatoms. The molecule has 2 atom stereocenters. The van der Waals surface area contributed by atoms with Crippen LogP contribution in [0, 0.1) is 5.92 Å². The Kier molecular flexibility index (Phi) is 4.81. The van der Waals surface area contributed by atoms with Gasteiger partial charge in [-0.05, 0) is 29.2 Å². The van der Waals surface area contributed by atoms with Gasteiger partial charge in [-0.3, -0.25) is 4.52 Å². The lowest BCUT2D eigenvalue weighted by atomic mass is 9.74. The summed E-state index contributed by atoms with van der Waals surface area (Å²) >= 11 is 0. The normalized spacial score (nSPS) is 23.8. The molecule has 130 valence electrons. The van der Waals surface area contributed by atoms with E-state index in [9.17, 15) is 14.4 Å². The molecule has 4 nitrogen and oxygen atoms in total. The highest BCUT2D eigenvalue weighted by molar-refractivity contribution is 7.46. The van der Waals surface area contributed by atoms with Crippen molar-refractivity contribution in [2.24, 2.45) is 5.92 Å². The molecule has 2 aromatic carbocycles. The Morgan fingerprint density at radius 2 is 1.48 bits per heavy atom. The predicted molar refractivity (Wildman–Crippen MR) is 99.5 cm³/mol. The van der Waals surface area contributed by atoms with Gasteiger partial charge in [0.1, 0.15) is 5.60 Å². The maximum atomic E-state index is 11.5. The molecule has 1 aliphatic carbocycles. The van der Waals surface area contributed by atoms with E-state index in [4.69, 9.17) is 4.52 Å². The summed E-state index contributed by atoms with van der Waals surface area (Å²) in [4.78, 5) is 18.7. The van der Waals surface area contributed by atoms with E-state index < -0.39 is 13.4 Å². The summed E-state index contributed by atoms with van der Waals surface area (Å²) in [6.45, 7) is 3.64. The van der Waals surface area contributed by atoms with Crippen LogP contribution in [0.15, 0.2) is 72.8 Å². The fraction of sp³-hybridized carbons (Fsp3) is 0.200. The standard InChI is InChI=1S/C20H21O4P/c1-15-19(17-11-7-4-8-12-17)18(16-9-5-3-6-10-16)13-14-20(15,2)24-25(21,22)23/h3-15H,1-2H3,(H2,21,22,23). The van der Waals surface area contributed by atoms with E-state index in [2.05, 4.69) is 0 Å². The second-order valence-corrected chi connectivity index (χ2v) is 7.54. The van der Waals surface area contributed by atoms with E-state index in [-0.39, 0.29) is 5.92 Å².